The second-order valence-electron chi connectivity index (χ2n) is 5.53. The summed E-state index contributed by atoms with van der Waals surface area (Å²) < 4.78 is 20.2. The fourth-order valence-electron chi connectivity index (χ4n) is 2.36. The molecular weight excluding hydrogens is 503 g/mol. The second-order valence-corrected chi connectivity index (χ2v) is 7.64. The lowest BCUT2D eigenvalue weighted by molar-refractivity contribution is -0.123. The molecular formula is C18H11Br2FN2O3S. The van der Waals surface area contributed by atoms with Gasteiger partial charge in [0.25, 0.3) is 11.8 Å². The molecule has 0 aliphatic carbocycles. The van der Waals surface area contributed by atoms with Gasteiger partial charge in [-0.25, -0.2) is 4.39 Å². The summed E-state index contributed by atoms with van der Waals surface area (Å²) in [5, 5.41) is 4.73. The van der Waals surface area contributed by atoms with Gasteiger partial charge in [0.2, 0.25) is 0 Å². The lowest BCUT2D eigenvalue weighted by atomic mass is 10.1. The highest BCUT2D eigenvalue weighted by atomic mass is 79.9. The van der Waals surface area contributed by atoms with Gasteiger partial charge in [-0.3, -0.25) is 20.2 Å². The quantitative estimate of drug-likeness (QED) is 0.370. The molecule has 0 bridgehead atoms. The normalized spacial score (nSPS) is 13.9. The van der Waals surface area contributed by atoms with Gasteiger partial charge in [0.15, 0.2) is 5.11 Å². The van der Waals surface area contributed by atoms with Crippen LogP contribution < -0.4 is 15.4 Å². The number of rotatable bonds is 4. The maximum Gasteiger partial charge on any atom is 0.263 e. The molecule has 1 heterocycles. The number of thiocarbonyl (C=S) groups is 1. The molecule has 5 nitrogen and oxygen atoms in total. The summed E-state index contributed by atoms with van der Waals surface area (Å²) in [5.74, 6) is -0.954. The zero-order valence-corrected chi connectivity index (χ0v) is 17.5. The number of amides is 2. The fourth-order valence-corrected chi connectivity index (χ4v) is 3.99. The van der Waals surface area contributed by atoms with Crippen LogP contribution in [0.1, 0.15) is 11.1 Å². The van der Waals surface area contributed by atoms with Crippen molar-refractivity contribution in [1.29, 1.82) is 0 Å². The van der Waals surface area contributed by atoms with E-state index in [0.717, 1.165) is 0 Å². The topological polar surface area (TPSA) is 67.4 Å². The highest BCUT2D eigenvalue weighted by Gasteiger charge is 2.25. The Bertz CT molecular complexity index is 949. The Morgan fingerprint density at radius 2 is 1.70 bits per heavy atom. The van der Waals surface area contributed by atoms with E-state index in [1.807, 2.05) is 0 Å². The number of halogens is 3. The number of hydrogen-bond acceptors (Lipinski definition) is 4. The number of hydrogen-bond donors (Lipinski definition) is 2. The molecule has 0 aromatic heterocycles. The Labute approximate surface area is 176 Å². The van der Waals surface area contributed by atoms with Gasteiger partial charge in [-0.2, -0.15) is 0 Å². The fraction of sp³-hybridized carbons (Fsp3) is 0.0556. The number of carbonyl (C=O) groups is 2. The smallest absolute Gasteiger partial charge is 0.263 e. The number of ether oxygens (including phenoxy) is 1. The van der Waals surface area contributed by atoms with Crippen molar-refractivity contribution in [3.63, 3.8) is 0 Å². The van der Waals surface area contributed by atoms with Crippen molar-refractivity contribution in [2.24, 2.45) is 0 Å². The summed E-state index contributed by atoms with van der Waals surface area (Å²) in [4.78, 5) is 23.9. The van der Waals surface area contributed by atoms with Crippen LogP contribution in [0.25, 0.3) is 6.08 Å². The molecule has 2 amide bonds. The van der Waals surface area contributed by atoms with E-state index in [0.29, 0.717) is 25.8 Å². The first kappa shape index (κ1) is 19.7. The minimum Gasteiger partial charge on any atom is -0.487 e. The van der Waals surface area contributed by atoms with Crippen molar-refractivity contribution in [2.75, 3.05) is 0 Å². The second kappa shape index (κ2) is 8.28. The molecule has 1 aliphatic rings. The van der Waals surface area contributed by atoms with Crippen molar-refractivity contribution >= 4 is 67.1 Å². The van der Waals surface area contributed by atoms with Gasteiger partial charge in [0.05, 0.1) is 8.95 Å². The molecule has 2 aromatic rings. The summed E-state index contributed by atoms with van der Waals surface area (Å²) >= 11 is 11.6. The summed E-state index contributed by atoms with van der Waals surface area (Å²) in [5.41, 5.74) is 1.22. The molecule has 9 heteroatoms. The monoisotopic (exact) mass is 512 g/mol. The third kappa shape index (κ3) is 4.79. The molecule has 2 N–H and O–H groups in total. The minimum absolute atomic E-state index is 0.0226. The third-order valence-corrected chi connectivity index (χ3v) is 4.93. The molecule has 3 rings (SSSR count). The first-order valence-electron chi connectivity index (χ1n) is 7.58. The van der Waals surface area contributed by atoms with Gasteiger partial charge in [-0.05, 0) is 85.5 Å². The van der Waals surface area contributed by atoms with Gasteiger partial charge in [0, 0.05) is 0 Å². The van der Waals surface area contributed by atoms with Crippen molar-refractivity contribution < 1.29 is 18.7 Å². The van der Waals surface area contributed by atoms with Crippen LogP contribution in [0.4, 0.5) is 4.39 Å². The van der Waals surface area contributed by atoms with Crippen LogP contribution in [0.2, 0.25) is 0 Å². The van der Waals surface area contributed by atoms with Gasteiger partial charge < -0.3 is 4.74 Å². The standard InChI is InChI=1S/C18H11Br2FN2O3S/c19-13-6-10(5-12-16(24)22-18(27)23-17(12)25)7-14(20)15(13)26-8-9-2-1-3-11(21)4-9/h1-7H,8H2,(H2,22,23,24,25,27). The lowest BCUT2D eigenvalue weighted by Crippen LogP contribution is -2.51. The Kier molecular flexibility index (Phi) is 6.03. The predicted molar refractivity (Wildman–Crippen MR) is 109 cm³/mol. The van der Waals surface area contributed by atoms with Crippen molar-refractivity contribution in [2.45, 2.75) is 6.61 Å². The van der Waals surface area contributed by atoms with Gasteiger partial charge in [0.1, 0.15) is 23.7 Å². The Hall–Kier alpha value is -2.10. The lowest BCUT2D eigenvalue weighted by Gasteiger charge is -2.16. The minimum atomic E-state index is -0.567. The number of carbonyl (C=O) groups excluding carboxylic acids is 2. The molecule has 0 unspecified atom stereocenters. The maximum atomic E-state index is 13.3. The van der Waals surface area contributed by atoms with Gasteiger partial charge >= 0.3 is 0 Å². The Morgan fingerprint density at radius 3 is 2.30 bits per heavy atom. The molecule has 1 aliphatic heterocycles. The van der Waals surface area contributed by atoms with Gasteiger partial charge in [-0.15, -0.1) is 0 Å². The number of benzene rings is 2. The number of nitrogens with one attached hydrogen (secondary N) is 2. The molecule has 27 heavy (non-hydrogen) atoms. The van der Waals surface area contributed by atoms with E-state index in [9.17, 15) is 14.0 Å². The predicted octanol–water partition coefficient (Wildman–Crippen LogP) is 3.84. The van der Waals surface area contributed by atoms with Crippen LogP contribution in [-0.2, 0) is 16.2 Å². The maximum absolute atomic E-state index is 13.3. The zero-order valence-electron chi connectivity index (χ0n) is 13.5. The Morgan fingerprint density at radius 1 is 1.07 bits per heavy atom. The summed E-state index contributed by atoms with van der Waals surface area (Å²) in [7, 11) is 0. The van der Waals surface area contributed by atoms with E-state index in [4.69, 9.17) is 17.0 Å². The zero-order chi connectivity index (χ0) is 19.6. The SMILES string of the molecule is O=C1NC(=S)NC(=O)C1=Cc1cc(Br)c(OCc2cccc(F)c2)c(Br)c1. The van der Waals surface area contributed by atoms with Crippen LogP contribution in [-0.4, -0.2) is 16.9 Å². The van der Waals surface area contributed by atoms with Gasteiger partial charge in [-0.1, -0.05) is 12.1 Å². The molecule has 0 atom stereocenters. The first-order valence-corrected chi connectivity index (χ1v) is 9.57. The van der Waals surface area contributed by atoms with Crippen LogP contribution in [0.5, 0.6) is 5.75 Å². The highest BCUT2D eigenvalue weighted by molar-refractivity contribution is 9.11. The van der Waals surface area contributed by atoms with E-state index < -0.39 is 11.8 Å². The summed E-state index contributed by atoms with van der Waals surface area (Å²) in [6.07, 6.45) is 1.44. The molecule has 138 valence electrons. The van der Waals surface area contributed by atoms with E-state index >= 15 is 0 Å². The molecule has 1 fully saturated rings. The molecule has 0 radical (unpaired) electrons. The van der Waals surface area contributed by atoms with Crippen LogP contribution in [0, 0.1) is 5.82 Å². The molecule has 2 aromatic carbocycles. The Balaban J connectivity index is 1.82. The summed E-state index contributed by atoms with van der Waals surface area (Å²) in [6, 6.07) is 9.53. The highest BCUT2D eigenvalue weighted by Crippen LogP contribution is 2.36. The van der Waals surface area contributed by atoms with E-state index in [-0.39, 0.29) is 23.1 Å². The van der Waals surface area contributed by atoms with Crippen LogP contribution in [0.15, 0.2) is 50.9 Å². The van der Waals surface area contributed by atoms with Crippen molar-refractivity contribution in [3.05, 3.63) is 67.9 Å². The van der Waals surface area contributed by atoms with Crippen LogP contribution >= 0.6 is 44.1 Å². The average Bonchev–Trinajstić information content (AvgIpc) is 2.57. The molecule has 0 saturated carbocycles. The van der Waals surface area contributed by atoms with Crippen molar-refractivity contribution in [1.82, 2.24) is 10.6 Å². The average molecular weight is 514 g/mol. The molecule has 0 spiro atoms. The summed E-state index contributed by atoms with van der Waals surface area (Å²) in [6.45, 7) is 0.178. The van der Waals surface area contributed by atoms with E-state index in [2.05, 4.69) is 42.5 Å². The van der Waals surface area contributed by atoms with Crippen molar-refractivity contribution in [3.8, 4) is 5.75 Å². The third-order valence-electron chi connectivity index (χ3n) is 3.55. The van der Waals surface area contributed by atoms with Crippen LogP contribution in [0.3, 0.4) is 0 Å². The van der Waals surface area contributed by atoms with E-state index in [1.165, 1.54) is 18.2 Å². The molecule has 1 saturated heterocycles. The largest absolute Gasteiger partial charge is 0.487 e. The van der Waals surface area contributed by atoms with E-state index in [1.54, 1.807) is 24.3 Å². The first-order chi connectivity index (χ1) is 12.8.